The monoisotopic (exact) mass is 413 g/mol. The van der Waals surface area contributed by atoms with Crippen LogP contribution in [0.4, 0.5) is 5.69 Å². The molecular formula is C27H31N3O. The highest BCUT2D eigenvalue weighted by molar-refractivity contribution is 5.68. The minimum atomic E-state index is 0.385. The highest BCUT2D eigenvalue weighted by Gasteiger charge is 2.49. The fraction of sp³-hybridized carbons (Fsp3) is 0.407. The van der Waals surface area contributed by atoms with Crippen molar-refractivity contribution in [2.24, 2.45) is 5.41 Å². The Kier molecular flexibility index (Phi) is 5.17. The number of anilines is 1. The smallest absolute Gasteiger partial charge is 0.213 e. The van der Waals surface area contributed by atoms with Gasteiger partial charge in [-0.05, 0) is 103 Å². The number of aromatic nitrogens is 2. The van der Waals surface area contributed by atoms with E-state index in [0.29, 0.717) is 16.7 Å². The molecule has 3 aliphatic rings. The Morgan fingerprint density at radius 1 is 0.871 bits per heavy atom. The van der Waals surface area contributed by atoms with Crippen molar-refractivity contribution in [1.82, 2.24) is 9.97 Å². The van der Waals surface area contributed by atoms with Gasteiger partial charge in [-0.15, -0.1) is 0 Å². The highest BCUT2D eigenvalue weighted by atomic mass is 16.5. The van der Waals surface area contributed by atoms with Gasteiger partial charge in [0.2, 0.25) is 5.88 Å². The van der Waals surface area contributed by atoms with E-state index >= 15 is 0 Å². The third-order valence-electron chi connectivity index (χ3n) is 7.72. The molecule has 2 heterocycles. The Labute approximate surface area is 185 Å². The van der Waals surface area contributed by atoms with E-state index < -0.39 is 0 Å². The zero-order valence-electron chi connectivity index (χ0n) is 18.5. The number of fused-ring (bicyclic) bond motifs is 3. The number of ether oxygens (including phenoxy) is 1. The largest absolute Gasteiger partial charge is 0.481 e. The van der Waals surface area contributed by atoms with Crippen LogP contribution in [0.3, 0.4) is 0 Å². The number of nitrogens with zero attached hydrogens (tertiary/aromatic N) is 2. The van der Waals surface area contributed by atoms with Crippen molar-refractivity contribution in [2.45, 2.75) is 50.9 Å². The van der Waals surface area contributed by atoms with E-state index in [2.05, 4.69) is 58.6 Å². The predicted molar refractivity (Wildman–Crippen MR) is 126 cm³/mol. The summed E-state index contributed by atoms with van der Waals surface area (Å²) in [4.78, 5) is 8.63. The van der Waals surface area contributed by atoms with Gasteiger partial charge >= 0.3 is 0 Å². The van der Waals surface area contributed by atoms with Gasteiger partial charge < -0.3 is 10.1 Å². The molecule has 2 bridgehead atoms. The lowest BCUT2D eigenvalue weighted by Crippen LogP contribution is -2.47. The van der Waals surface area contributed by atoms with Crippen LogP contribution < -0.4 is 10.1 Å². The number of benzene rings is 1. The van der Waals surface area contributed by atoms with Crippen LogP contribution in [0.25, 0.3) is 11.1 Å². The van der Waals surface area contributed by atoms with E-state index in [0.717, 1.165) is 17.8 Å². The first-order valence-electron chi connectivity index (χ1n) is 11.4. The lowest BCUT2D eigenvalue weighted by Gasteiger charge is -2.54. The molecule has 6 rings (SSSR count). The first-order valence-corrected chi connectivity index (χ1v) is 11.4. The second kappa shape index (κ2) is 7.99. The van der Waals surface area contributed by atoms with Crippen molar-refractivity contribution in [3.8, 4) is 17.0 Å². The Bertz CT molecular complexity index is 1050. The van der Waals surface area contributed by atoms with Crippen LogP contribution in [0, 0.1) is 12.3 Å². The molecule has 160 valence electrons. The molecule has 3 fully saturated rings. The molecule has 4 nitrogen and oxygen atoms in total. The minimum Gasteiger partial charge on any atom is -0.481 e. The Balaban J connectivity index is 1.26. The third-order valence-corrected chi connectivity index (χ3v) is 7.72. The average molecular weight is 414 g/mol. The maximum atomic E-state index is 5.28. The summed E-state index contributed by atoms with van der Waals surface area (Å²) in [5, 5.41) is 3.77. The Morgan fingerprint density at radius 2 is 1.61 bits per heavy atom. The van der Waals surface area contributed by atoms with Crippen molar-refractivity contribution in [3.05, 3.63) is 72.2 Å². The Hall–Kier alpha value is -2.88. The zero-order chi connectivity index (χ0) is 21.3. The minimum absolute atomic E-state index is 0.385. The van der Waals surface area contributed by atoms with Crippen LogP contribution in [-0.4, -0.2) is 23.6 Å². The average Bonchev–Trinajstić information content (AvgIpc) is 2.84. The lowest BCUT2D eigenvalue weighted by atomic mass is 9.52. The van der Waals surface area contributed by atoms with Crippen molar-refractivity contribution >= 4 is 5.69 Å². The summed E-state index contributed by atoms with van der Waals surface area (Å²) >= 11 is 0. The molecule has 1 aromatic carbocycles. The summed E-state index contributed by atoms with van der Waals surface area (Å²) in [6, 6.07) is 17.3. The summed E-state index contributed by atoms with van der Waals surface area (Å²) in [6.45, 7) is 3.16. The van der Waals surface area contributed by atoms with Gasteiger partial charge in [0.1, 0.15) is 0 Å². The number of pyridine rings is 2. The summed E-state index contributed by atoms with van der Waals surface area (Å²) < 4.78 is 5.28. The molecule has 3 saturated carbocycles. The van der Waals surface area contributed by atoms with Gasteiger partial charge in [-0.2, -0.15) is 0 Å². The number of aryl methyl sites for hydroxylation is 1. The van der Waals surface area contributed by atoms with Gasteiger partial charge in [0.25, 0.3) is 0 Å². The molecule has 0 spiro atoms. The van der Waals surface area contributed by atoms with Gasteiger partial charge in [0.15, 0.2) is 0 Å². The lowest BCUT2D eigenvalue weighted by molar-refractivity contribution is 0.0505. The number of methoxy groups -OCH3 is 1. The van der Waals surface area contributed by atoms with Crippen molar-refractivity contribution in [2.75, 3.05) is 19.0 Å². The van der Waals surface area contributed by atoms with E-state index in [1.165, 1.54) is 55.3 Å². The first kappa shape index (κ1) is 20.0. The normalized spacial score (nSPS) is 24.7. The summed E-state index contributed by atoms with van der Waals surface area (Å²) in [6.07, 6.45) is 11.6. The SMILES string of the molecule is COc1cc(-c2cccc(NCC34CCC(c5ccnc(C)c5)(CC3)CC4)c2)ccn1. The van der Waals surface area contributed by atoms with E-state index in [1.807, 2.05) is 18.3 Å². The third kappa shape index (κ3) is 3.91. The molecule has 0 aliphatic heterocycles. The van der Waals surface area contributed by atoms with Crippen LogP contribution in [0.1, 0.15) is 49.8 Å². The maximum absolute atomic E-state index is 5.28. The van der Waals surface area contributed by atoms with Crippen molar-refractivity contribution < 1.29 is 4.74 Å². The first-order chi connectivity index (χ1) is 15.1. The molecule has 31 heavy (non-hydrogen) atoms. The fourth-order valence-electron chi connectivity index (χ4n) is 5.64. The Morgan fingerprint density at radius 3 is 2.35 bits per heavy atom. The van der Waals surface area contributed by atoms with Crippen LogP contribution in [0.5, 0.6) is 5.88 Å². The second-order valence-electron chi connectivity index (χ2n) is 9.49. The molecule has 2 aromatic heterocycles. The summed E-state index contributed by atoms with van der Waals surface area (Å²) in [7, 11) is 1.66. The zero-order valence-corrected chi connectivity index (χ0v) is 18.5. The van der Waals surface area contributed by atoms with Crippen LogP contribution in [-0.2, 0) is 5.41 Å². The van der Waals surface area contributed by atoms with E-state index in [1.54, 1.807) is 13.3 Å². The number of hydrogen-bond acceptors (Lipinski definition) is 4. The number of nitrogens with one attached hydrogen (secondary N) is 1. The molecule has 0 radical (unpaired) electrons. The van der Waals surface area contributed by atoms with E-state index in [9.17, 15) is 0 Å². The molecule has 3 aliphatic carbocycles. The van der Waals surface area contributed by atoms with Crippen LogP contribution in [0.2, 0.25) is 0 Å². The van der Waals surface area contributed by atoms with Crippen molar-refractivity contribution in [1.29, 1.82) is 0 Å². The molecule has 3 aromatic rings. The highest BCUT2D eigenvalue weighted by Crippen LogP contribution is 2.57. The quantitative estimate of drug-likeness (QED) is 0.525. The summed E-state index contributed by atoms with van der Waals surface area (Å²) in [5.74, 6) is 0.645. The maximum Gasteiger partial charge on any atom is 0.213 e. The second-order valence-corrected chi connectivity index (χ2v) is 9.49. The number of rotatable bonds is 6. The molecule has 0 saturated heterocycles. The molecule has 4 heteroatoms. The molecule has 1 N–H and O–H groups in total. The molecule has 0 atom stereocenters. The van der Waals surface area contributed by atoms with Gasteiger partial charge in [0.05, 0.1) is 7.11 Å². The van der Waals surface area contributed by atoms with Gasteiger partial charge in [0, 0.05) is 36.4 Å². The molecule has 0 amide bonds. The van der Waals surface area contributed by atoms with Crippen molar-refractivity contribution in [3.63, 3.8) is 0 Å². The summed E-state index contributed by atoms with van der Waals surface area (Å²) in [5.41, 5.74) is 6.97. The van der Waals surface area contributed by atoms with E-state index in [-0.39, 0.29) is 0 Å². The van der Waals surface area contributed by atoms with Gasteiger partial charge in [-0.3, -0.25) is 4.98 Å². The fourth-order valence-corrected chi connectivity index (χ4v) is 5.64. The number of hydrogen-bond donors (Lipinski definition) is 1. The predicted octanol–water partition coefficient (Wildman–Crippen LogP) is 6.16. The van der Waals surface area contributed by atoms with E-state index in [4.69, 9.17) is 4.74 Å². The molecule has 0 unspecified atom stereocenters. The molecular weight excluding hydrogens is 382 g/mol. The van der Waals surface area contributed by atoms with Crippen LogP contribution in [0.15, 0.2) is 60.9 Å². The van der Waals surface area contributed by atoms with Gasteiger partial charge in [-0.1, -0.05) is 12.1 Å². The van der Waals surface area contributed by atoms with Gasteiger partial charge in [-0.25, -0.2) is 4.98 Å². The standard InChI is InChI=1S/C27H31N3O/c1-20-16-23(7-15-28-20)27-11-8-26(9-12-27,10-13-27)19-30-24-5-3-4-21(17-24)22-6-14-29-25(18-22)31-2/h3-7,14-18,30H,8-13,19H2,1-2H3. The topological polar surface area (TPSA) is 47.0 Å². The van der Waals surface area contributed by atoms with Crippen LogP contribution >= 0.6 is 0 Å².